The van der Waals surface area contributed by atoms with E-state index in [0.717, 1.165) is 21.5 Å². The van der Waals surface area contributed by atoms with Gasteiger partial charge in [0.2, 0.25) is 0 Å². The van der Waals surface area contributed by atoms with Crippen LogP contribution in [0.3, 0.4) is 0 Å². The molecule has 29 heavy (non-hydrogen) atoms. The van der Waals surface area contributed by atoms with Crippen molar-refractivity contribution in [2.75, 3.05) is 19.1 Å². The van der Waals surface area contributed by atoms with Crippen molar-refractivity contribution >= 4 is 32.6 Å². The van der Waals surface area contributed by atoms with Crippen molar-refractivity contribution in [2.24, 2.45) is 0 Å². The van der Waals surface area contributed by atoms with Crippen molar-refractivity contribution in [3.63, 3.8) is 0 Å². The third-order valence-corrected chi connectivity index (χ3v) is 5.62. The highest BCUT2D eigenvalue weighted by Crippen LogP contribution is 2.33. The van der Waals surface area contributed by atoms with E-state index in [0.29, 0.717) is 23.0 Å². The second kappa shape index (κ2) is 8.32. The van der Waals surface area contributed by atoms with Gasteiger partial charge < -0.3 is 9.47 Å². The molecule has 0 bridgehead atoms. The van der Waals surface area contributed by atoms with Crippen LogP contribution < -0.4 is 14.4 Å². The van der Waals surface area contributed by atoms with Crippen LogP contribution in [0.25, 0.3) is 10.2 Å². The van der Waals surface area contributed by atoms with Crippen LogP contribution in [0.2, 0.25) is 0 Å². The van der Waals surface area contributed by atoms with E-state index in [4.69, 9.17) is 14.5 Å². The van der Waals surface area contributed by atoms with Crippen LogP contribution in [-0.2, 0) is 6.54 Å². The quantitative estimate of drug-likeness (QED) is 0.445. The number of anilines is 1. The van der Waals surface area contributed by atoms with Crippen LogP contribution in [0.15, 0.2) is 72.8 Å². The van der Waals surface area contributed by atoms with E-state index in [1.54, 1.807) is 43.4 Å². The summed E-state index contributed by atoms with van der Waals surface area (Å²) in [6.07, 6.45) is 0. The minimum atomic E-state index is -0.109. The van der Waals surface area contributed by atoms with Crippen molar-refractivity contribution in [3.8, 4) is 11.5 Å². The van der Waals surface area contributed by atoms with E-state index in [2.05, 4.69) is 0 Å². The zero-order valence-electron chi connectivity index (χ0n) is 16.2. The number of benzene rings is 3. The molecular formula is C23H20N2O3S. The molecule has 0 aliphatic heterocycles. The SMILES string of the molecule is COc1ccc(C(=O)N(Cc2ccccc2)c2nc3ccc(OC)cc3s2)cc1. The molecule has 5 nitrogen and oxygen atoms in total. The molecule has 4 rings (SSSR count). The number of rotatable bonds is 6. The van der Waals surface area contributed by atoms with Gasteiger partial charge in [-0.3, -0.25) is 9.69 Å². The molecule has 0 fully saturated rings. The molecular weight excluding hydrogens is 384 g/mol. The number of hydrogen-bond acceptors (Lipinski definition) is 5. The normalized spacial score (nSPS) is 10.7. The van der Waals surface area contributed by atoms with Gasteiger partial charge >= 0.3 is 0 Å². The molecule has 0 aliphatic carbocycles. The fourth-order valence-electron chi connectivity index (χ4n) is 3.02. The summed E-state index contributed by atoms with van der Waals surface area (Å²) in [6.45, 7) is 0.433. The Labute approximate surface area is 173 Å². The number of carbonyl (C=O) groups is 1. The largest absolute Gasteiger partial charge is 0.497 e. The molecule has 1 aromatic heterocycles. The fourth-order valence-corrected chi connectivity index (χ4v) is 4.01. The van der Waals surface area contributed by atoms with Gasteiger partial charge in [0, 0.05) is 5.56 Å². The molecule has 0 unspecified atom stereocenters. The Bertz CT molecular complexity index is 1120. The van der Waals surface area contributed by atoms with Gasteiger partial charge in [0.1, 0.15) is 11.5 Å². The van der Waals surface area contributed by atoms with Crippen molar-refractivity contribution in [2.45, 2.75) is 6.54 Å². The number of aromatic nitrogens is 1. The summed E-state index contributed by atoms with van der Waals surface area (Å²) < 4.78 is 11.5. The summed E-state index contributed by atoms with van der Waals surface area (Å²) in [5.74, 6) is 1.37. The van der Waals surface area contributed by atoms with Crippen LogP contribution in [0.4, 0.5) is 5.13 Å². The van der Waals surface area contributed by atoms with E-state index < -0.39 is 0 Å². The lowest BCUT2D eigenvalue weighted by Crippen LogP contribution is -2.30. The van der Waals surface area contributed by atoms with Crippen molar-refractivity contribution < 1.29 is 14.3 Å². The summed E-state index contributed by atoms with van der Waals surface area (Å²) in [7, 11) is 3.24. The summed E-state index contributed by atoms with van der Waals surface area (Å²) in [6, 6.07) is 22.8. The van der Waals surface area contributed by atoms with Crippen LogP contribution in [0.1, 0.15) is 15.9 Å². The minimum absolute atomic E-state index is 0.109. The smallest absolute Gasteiger partial charge is 0.260 e. The minimum Gasteiger partial charge on any atom is -0.497 e. The zero-order chi connectivity index (χ0) is 20.2. The summed E-state index contributed by atoms with van der Waals surface area (Å²) >= 11 is 1.47. The average molecular weight is 404 g/mol. The molecule has 1 heterocycles. The number of thiazole rings is 1. The van der Waals surface area contributed by atoms with Crippen molar-refractivity contribution in [1.29, 1.82) is 0 Å². The number of fused-ring (bicyclic) bond motifs is 1. The van der Waals surface area contributed by atoms with Gasteiger partial charge in [-0.2, -0.15) is 0 Å². The molecule has 0 saturated carbocycles. The van der Waals surface area contributed by atoms with Gasteiger partial charge in [-0.15, -0.1) is 0 Å². The molecule has 4 aromatic rings. The fraction of sp³-hybridized carbons (Fsp3) is 0.130. The van der Waals surface area contributed by atoms with Crippen molar-refractivity contribution in [1.82, 2.24) is 4.98 Å². The Hall–Kier alpha value is -3.38. The Kier molecular flexibility index (Phi) is 5.44. The standard InChI is InChI=1S/C23H20N2O3S/c1-27-18-10-8-17(9-11-18)22(26)25(15-16-6-4-3-5-7-16)23-24-20-13-12-19(28-2)14-21(20)29-23/h3-14H,15H2,1-2H3. The zero-order valence-corrected chi connectivity index (χ0v) is 17.0. The lowest BCUT2D eigenvalue weighted by Gasteiger charge is -2.20. The Morgan fingerprint density at radius 3 is 2.31 bits per heavy atom. The molecule has 6 heteroatoms. The average Bonchev–Trinajstić information content (AvgIpc) is 3.20. The van der Waals surface area contributed by atoms with E-state index in [1.807, 2.05) is 48.5 Å². The van der Waals surface area contributed by atoms with E-state index in [9.17, 15) is 4.79 Å². The molecule has 0 N–H and O–H groups in total. The number of carbonyl (C=O) groups excluding carboxylic acids is 1. The highest BCUT2D eigenvalue weighted by Gasteiger charge is 2.22. The first-order valence-electron chi connectivity index (χ1n) is 9.12. The van der Waals surface area contributed by atoms with E-state index in [-0.39, 0.29) is 5.91 Å². The first-order chi connectivity index (χ1) is 14.2. The third-order valence-electron chi connectivity index (χ3n) is 4.58. The molecule has 0 saturated heterocycles. The topological polar surface area (TPSA) is 51.7 Å². The van der Waals surface area contributed by atoms with E-state index >= 15 is 0 Å². The van der Waals surface area contributed by atoms with Crippen LogP contribution in [0, 0.1) is 0 Å². The highest BCUT2D eigenvalue weighted by atomic mass is 32.1. The van der Waals surface area contributed by atoms with Crippen LogP contribution >= 0.6 is 11.3 Å². The molecule has 146 valence electrons. The maximum atomic E-state index is 13.4. The molecule has 0 spiro atoms. The van der Waals surface area contributed by atoms with Gasteiger partial charge in [-0.1, -0.05) is 41.7 Å². The predicted octanol–water partition coefficient (Wildman–Crippen LogP) is 5.16. The lowest BCUT2D eigenvalue weighted by molar-refractivity contribution is 0.0985. The maximum Gasteiger partial charge on any atom is 0.260 e. The number of methoxy groups -OCH3 is 2. The predicted molar refractivity (Wildman–Crippen MR) is 116 cm³/mol. The summed E-state index contributed by atoms with van der Waals surface area (Å²) in [5.41, 5.74) is 2.45. The summed E-state index contributed by atoms with van der Waals surface area (Å²) in [5, 5.41) is 0.651. The van der Waals surface area contributed by atoms with Crippen LogP contribution in [-0.4, -0.2) is 25.1 Å². The number of hydrogen-bond donors (Lipinski definition) is 0. The van der Waals surface area contributed by atoms with Gasteiger partial charge in [-0.25, -0.2) is 4.98 Å². The molecule has 3 aromatic carbocycles. The second-order valence-corrected chi connectivity index (χ2v) is 7.44. The first-order valence-corrected chi connectivity index (χ1v) is 9.94. The number of ether oxygens (including phenoxy) is 2. The maximum absolute atomic E-state index is 13.4. The van der Waals surface area contributed by atoms with Gasteiger partial charge in [0.15, 0.2) is 5.13 Å². The Morgan fingerprint density at radius 1 is 0.931 bits per heavy atom. The van der Waals surface area contributed by atoms with Gasteiger partial charge in [-0.05, 0) is 48.0 Å². The number of amides is 1. The Morgan fingerprint density at radius 2 is 1.62 bits per heavy atom. The third kappa shape index (κ3) is 4.07. The van der Waals surface area contributed by atoms with Gasteiger partial charge in [0.25, 0.3) is 5.91 Å². The molecule has 0 atom stereocenters. The molecule has 0 radical (unpaired) electrons. The lowest BCUT2D eigenvalue weighted by atomic mass is 10.1. The highest BCUT2D eigenvalue weighted by molar-refractivity contribution is 7.22. The van der Waals surface area contributed by atoms with Crippen LogP contribution in [0.5, 0.6) is 11.5 Å². The Balaban J connectivity index is 1.74. The van der Waals surface area contributed by atoms with Gasteiger partial charge in [0.05, 0.1) is 31.0 Å². The second-order valence-electron chi connectivity index (χ2n) is 6.44. The monoisotopic (exact) mass is 404 g/mol. The van der Waals surface area contributed by atoms with E-state index in [1.165, 1.54) is 11.3 Å². The first kappa shape index (κ1) is 19.0. The molecule has 1 amide bonds. The summed E-state index contributed by atoms with van der Waals surface area (Å²) in [4.78, 5) is 19.8. The molecule has 0 aliphatic rings. The van der Waals surface area contributed by atoms with Crippen molar-refractivity contribution in [3.05, 3.63) is 83.9 Å². The number of nitrogens with zero attached hydrogens (tertiary/aromatic N) is 2.